The van der Waals surface area contributed by atoms with E-state index < -0.39 is 0 Å². The van der Waals surface area contributed by atoms with Crippen molar-refractivity contribution in [3.8, 4) is 0 Å². The van der Waals surface area contributed by atoms with Crippen LogP contribution in [-0.4, -0.2) is 44.4 Å². The Labute approximate surface area is 121 Å². The molecular formula is C15H25N3S. The third-order valence-electron chi connectivity index (χ3n) is 4.06. The Bertz CT molecular complexity index is 422. The number of hydrogen-bond donors (Lipinski definition) is 1. The summed E-state index contributed by atoms with van der Waals surface area (Å²) in [6, 6.07) is 7.11. The Balaban J connectivity index is 2.25. The van der Waals surface area contributed by atoms with Gasteiger partial charge in [-0.15, -0.1) is 11.8 Å². The van der Waals surface area contributed by atoms with Gasteiger partial charge in [-0.3, -0.25) is 0 Å². The second kappa shape index (κ2) is 6.64. The first-order valence-corrected chi connectivity index (χ1v) is 8.17. The van der Waals surface area contributed by atoms with Crippen molar-refractivity contribution in [2.45, 2.75) is 30.3 Å². The molecule has 1 aliphatic heterocycles. The number of piperidine rings is 1. The van der Waals surface area contributed by atoms with E-state index in [-0.39, 0.29) is 0 Å². The van der Waals surface area contributed by atoms with Crippen molar-refractivity contribution in [1.29, 1.82) is 0 Å². The zero-order chi connectivity index (χ0) is 13.8. The van der Waals surface area contributed by atoms with Crippen LogP contribution in [0.2, 0.25) is 0 Å². The van der Waals surface area contributed by atoms with Crippen molar-refractivity contribution in [2.24, 2.45) is 5.73 Å². The number of nitrogens with zero attached hydrogens (tertiary/aromatic N) is 2. The third-order valence-corrected chi connectivity index (χ3v) is 4.88. The first kappa shape index (κ1) is 14.7. The number of nitrogens with two attached hydrogens (primary N) is 1. The van der Waals surface area contributed by atoms with Gasteiger partial charge in [0, 0.05) is 42.3 Å². The van der Waals surface area contributed by atoms with E-state index in [9.17, 15) is 0 Å². The monoisotopic (exact) mass is 279 g/mol. The highest BCUT2D eigenvalue weighted by molar-refractivity contribution is 7.98. The van der Waals surface area contributed by atoms with E-state index in [0.717, 1.165) is 6.54 Å². The molecule has 0 spiro atoms. The third kappa shape index (κ3) is 3.25. The van der Waals surface area contributed by atoms with Crippen LogP contribution >= 0.6 is 11.8 Å². The highest BCUT2D eigenvalue weighted by atomic mass is 32.2. The molecule has 1 unspecified atom stereocenters. The van der Waals surface area contributed by atoms with E-state index in [2.05, 4.69) is 48.4 Å². The average molecular weight is 279 g/mol. The van der Waals surface area contributed by atoms with Crippen molar-refractivity contribution in [1.82, 2.24) is 4.90 Å². The van der Waals surface area contributed by atoms with Crippen LogP contribution in [0.3, 0.4) is 0 Å². The summed E-state index contributed by atoms with van der Waals surface area (Å²) in [5, 5.41) is 0. The lowest BCUT2D eigenvalue weighted by molar-refractivity contribution is 0.248. The predicted molar refractivity (Wildman–Crippen MR) is 85.0 cm³/mol. The summed E-state index contributed by atoms with van der Waals surface area (Å²) < 4.78 is 0. The van der Waals surface area contributed by atoms with E-state index >= 15 is 0 Å². The van der Waals surface area contributed by atoms with Gasteiger partial charge in [0.05, 0.1) is 0 Å². The quantitative estimate of drug-likeness (QED) is 0.858. The van der Waals surface area contributed by atoms with Crippen LogP contribution in [0.25, 0.3) is 0 Å². The van der Waals surface area contributed by atoms with Gasteiger partial charge in [0.15, 0.2) is 0 Å². The second-order valence-corrected chi connectivity index (χ2v) is 6.18. The number of hydrogen-bond acceptors (Lipinski definition) is 4. The molecule has 0 aromatic heterocycles. The lowest BCUT2D eigenvalue weighted by Crippen LogP contribution is -2.45. The number of likely N-dealkylation sites (N-methyl/N-ethyl adjacent to an activating group) is 2. The predicted octanol–water partition coefficient (Wildman–Crippen LogP) is 2.40. The topological polar surface area (TPSA) is 32.5 Å². The van der Waals surface area contributed by atoms with Crippen LogP contribution in [-0.2, 0) is 6.54 Å². The van der Waals surface area contributed by atoms with Crippen molar-refractivity contribution < 1.29 is 0 Å². The Morgan fingerprint density at radius 1 is 1.47 bits per heavy atom. The fraction of sp³-hybridized carbons (Fsp3) is 0.600. The van der Waals surface area contributed by atoms with Gasteiger partial charge in [0.25, 0.3) is 0 Å². The zero-order valence-electron chi connectivity index (χ0n) is 12.2. The molecule has 0 radical (unpaired) electrons. The minimum Gasteiger partial charge on any atom is -0.370 e. The molecule has 4 heteroatoms. The van der Waals surface area contributed by atoms with Crippen LogP contribution in [0.1, 0.15) is 18.4 Å². The van der Waals surface area contributed by atoms with E-state index in [0.29, 0.717) is 12.6 Å². The molecule has 0 amide bonds. The molecule has 0 aliphatic carbocycles. The van der Waals surface area contributed by atoms with E-state index in [1.54, 1.807) is 11.8 Å². The number of rotatable bonds is 4. The minimum atomic E-state index is 0.598. The van der Waals surface area contributed by atoms with Crippen molar-refractivity contribution in [2.75, 3.05) is 38.3 Å². The SMILES string of the molecule is CSc1cccc(N(C)C2CCCN(C)C2)c1CN. The molecule has 106 valence electrons. The van der Waals surface area contributed by atoms with Gasteiger partial charge in [-0.05, 0) is 44.8 Å². The van der Waals surface area contributed by atoms with Crippen molar-refractivity contribution in [3.05, 3.63) is 23.8 Å². The molecule has 1 aromatic rings. The van der Waals surface area contributed by atoms with Crippen molar-refractivity contribution in [3.63, 3.8) is 0 Å². The molecule has 0 saturated carbocycles. The van der Waals surface area contributed by atoms with E-state index in [4.69, 9.17) is 5.73 Å². The summed E-state index contributed by atoms with van der Waals surface area (Å²) >= 11 is 1.78. The van der Waals surface area contributed by atoms with Crippen LogP contribution in [0, 0.1) is 0 Å². The minimum absolute atomic E-state index is 0.598. The highest BCUT2D eigenvalue weighted by Crippen LogP contribution is 2.31. The normalized spacial score (nSPS) is 20.5. The Kier molecular flexibility index (Phi) is 5.13. The summed E-state index contributed by atoms with van der Waals surface area (Å²) in [5.41, 5.74) is 8.55. The number of anilines is 1. The zero-order valence-corrected chi connectivity index (χ0v) is 13.0. The fourth-order valence-electron chi connectivity index (χ4n) is 2.93. The van der Waals surface area contributed by atoms with Crippen LogP contribution < -0.4 is 10.6 Å². The lowest BCUT2D eigenvalue weighted by Gasteiger charge is -2.38. The molecule has 1 heterocycles. The average Bonchev–Trinajstić information content (AvgIpc) is 2.45. The Hall–Kier alpha value is -0.710. The number of thioether (sulfide) groups is 1. The van der Waals surface area contributed by atoms with Crippen LogP contribution in [0.15, 0.2) is 23.1 Å². The summed E-state index contributed by atoms with van der Waals surface area (Å²) in [5.74, 6) is 0. The maximum atomic E-state index is 5.97. The second-order valence-electron chi connectivity index (χ2n) is 5.33. The molecule has 1 aromatic carbocycles. The van der Waals surface area contributed by atoms with Gasteiger partial charge in [-0.25, -0.2) is 0 Å². The molecule has 2 rings (SSSR count). The van der Waals surface area contributed by atoms with Gasteiger partial charge in [0.1, 0.15) is 0 Å². The summed E-state index contributed by atoms with van der Waals surface area (Å²) in [6.07, 6.45) is 4.67. The molecule has 1 atom stereocenters. The van der Waals surface area contributed by atoms with Gasteiger partial charge < -0.3 is 15.5 Å². The standard InChI is InChI=1S/C15H25N3S/c1-17-9-5-6-12(11-17)18(2)14-7-4-8-15(19-3)13(14)10-16/h4,7-8,12H,5-6,9-11,16H2,1-3H3. The molecule has 1 aliphatic rings. The Morgan fingerprint density at radius 3 is 2.89 bits per heavy atom. The maximum Gasteiger partial charge on any atom is 0.0423 e. The molecule has 1 fully saturated rings. The number of benzene rings is 1. The van der Waals surface area contributed by atoms with Crippen LogP contribution in [0.4, 0.5) is 5.69 Å². The molecule has 2 N–H and O–H groups in total. The van der Waals surface area contributed by atoms with Gasteiger partial charge in [-0.2, -0.15) is 0 Å². The first-order valence-electron chi connectivity index (χ1n) is 6.94. The first-order chi connectivity index (χ1) is 9.17. The summed E-state index contributed by atoms with van der Waals surface area (Å²) in [6.45, 7) is 2.97. The molecule has 0 bridgehead atoms. The van der Waals surface area contributed by atoms with Gasteiger partial charge >= 0.3 is 0 Å². The van der Waals surface area contributed by atoms with Crippen LogP contribution in [0.5, 0.6) is 0 Å². The molecule has 3 nitrogen and oxygen atoms in total. The summed E-state index contributed by atoms with van der Waals surface area (Å²) in [4.78, 5) is 6.15. The highest BCUT2D eigenvalue weighted by Gasteiger charge is 2.23. The number of likely N-dealkylation sites (tertiary alicyclic amines) is 1. The van der Waals surface area contributed by atoms with E-state index in [1.807, 2.05) is 0 Å². The van der Waals surface area contributed by atoms with E-state index in [1.165, 1.54) is 35.5 Å². The van der Waals surface area contributed by atoms with Gasteiger partial charge in [-0.1, -0.05) is 6.07 Å². The fourth-order valence-corrected chi connectivity index (χ4v) is 3.58. The largest absolute Gasteiger partial charge is 0.370 e. The van der Waals surface area contributed by atoms with Gasteiger partial charge in [0.2, 0.25) is 0 Å². The lowest BCUT2D eigenvalue weighted by atomic mass is 10.0. The van der Waals surface area contributed by atoms with Crippen molar-refractivity contribution >= 4 is 17.4 Å². The molecule has 19 heavy (non-hydrogen) atoms. The smallest absolute Gasteiger partial charge is 0.0423 e. The summed E-state index contributed by atoms with van der Waals surface area (Å²) in [7, 11) is 4.42. The Morgan fingerprint density at radius 2 is 2.26 bits per heavy atom. The molecular weight excluding hydrogens is 254 g/mol. The maximum absolute atomic E-state index is 5.97. The molecule has 1 saturated heterocycles.